The molecule has 0 aromatic carbocycles. The summed E-state index contributed by atoms with van der Waals surface area (Å²) >= 11 is 0. The highest BCUT2D eigenvalue weighted by atomic mass is 19.4. The second-order valence-corrected chi connectivity index (χ2v) is 4.28. The van der Waals surface area contributed by atoms with Crippen molar-refractivity contribution in [3.8, 4) is 0 Å². The molecule has 0 amide bonds. The van der Waals surface area contributed by atoms with Crippen LogP contribution in [0, 0.1) is 5.92 Å². The number of rotatable bonds is 8. The van der Waals surface area contributed by atoms with E-state index in [0.29, 0.717) is 12.5 Å². The van der Waals surface area contributed by atoms with Gasteiger partial charge in [0.1, 0.15) is 0 Å². The van der Waals surface area contributed by atoms with Gasteiger partial charge in [-0.15, -0.1) is 0 Å². The summed E-state index contributed by atoms with van der Waals surface area (Å²) in [5, 5.41) is 2.33. The average molecular weight is 241 g/mol. The molecule has 2 unspecified atom stereocenters. The lowest BCUT2D eigenvalue weighted by atomic mass is 10.1. The Balaban J connectivity index is 3.48. The van der Waals surface area contributed by atoms with E-state index in [4.69, 9.17) is 4.74 Å². The van der Waals surface area contributed by atoms with Crippen molar-refractivity contribution < 1.29 is 17.9 Å². The van der Waals surface area contributed by atoms with Gasteiger partial charge in [0.15, 0.2) is 0 Å². The maximum atomic E-state index is 11.8. The van der Waals surface area contributed by atoms with Crippen LogP contribution in [0.4, 0.5) is 13.2 Å². The van der Waals surface area contributed by atoms with Gasteiger partial charge in [0, 0.05) is 13.2 Å². The van der Waals surface area contributed by atoms with Crippen LogP contribution < -0.4 is 5.32 Å². The van der Waals surface area contributed by atoms with Gasteiger partial charge in [0.05, 0.1) is 12.6 Å². The predicted molar refractivity (Wildman–Crippen MR) is 58.4 cm³/mol. The van der Waals surface area contributed by atoms with Crippen LogP contribution in [0.5, 0.6) is 0 Å². The van der Waals surface area contributed by atoms with Gasteiger partial charge in [-0.25, -0.2) is 0 Å². The summed E-state index contributed by atoms with van der Waals surface area (Å²) in [5.41, 5.74) is 0. The maximum Gasteiger partial charge on any atom is 0.401 e. The SMILES string of the molecule is CCCC(C)COC(C)CNCC(F)(F)F. The van der Waals surface area contributed by atoms with Gasteiger partial charge in [0.25, 0.3) is 0 Å². The monoisotopic (exact) mass is 241 g/mol. The minimum absolute atomic E-state index is 0.179. The zero-order valence-corrected chi connectivity index (χ0v) is 10.2. The number of halogens is 3. The molecule has 16 heavy (non-hydrogen) atoms. The van der Waals surface area contributed by atoms with Crippen LogP contribution in [-0.4, -0.2) is 32.0 Å². The molecule has 0 spiro atoms. The number of alkyl halides is 3. The number of nitrogens with one attached hydrogen (secondary N) is 1. The van der Waals surface area contributed by atoms with E-state index in [1.54, 1.807) is 6.92 Å². The fraction of sp³-hybridized carbons (Fsp3) is 1.00. The van der Waals surface area contributed by atoms with E-state index in [2.05, 4.69) is 19.2 Å². The van der Waals surface area contributed by atoms with Gasteiger partial charge >= 0.3 is 6.18 Å². The third-order valence-electron chi connectivity index (χ3n) is 2.20. The molecule has 0 aromatic heterocycles. The normalized spacial score (nSPS) is 16.1. The van der Waals surface area contributed by atoms with E-state index < -0.39 is 12.7 Å². The highest BCUT2D eigenvalue weighted by Crippen LogP contribution is 2.12. The summed E-state index contributed by atoms with van der Waals surface area (Å²) in [6.45, 7) is 5.86. The van der Waals surface area contributed by atoms with Crippen LogP contribution in [0.25, 0.3) is 0 Å². The molecule has 0 aromatic rings. The predicted octanol–water partition coefficient (Wildman–Crippen LogP) is 2.98. The van der Waals surface area contributed by atoms with Crippen LogP contribution in [-0.2, 0) is 4.74 Å². The summed E-state index contributed by atoms with van der Waals surface area (Å²) in [5.74, 6) is 0.468. The first-order valence-corrected chi connectivity index (χ1v) is 5.74. The van der Waals surface area contributed by atoms with Crippen LogP contribution in [0.1, 0.15) is 33.6 Å². The largest absolute Gasteiger partial charge is 0.401 e. The van der Waals surface area contributed by atoms with Gasteiger partial charge < -0.3 is 10.1 Å². The van der Waals surface area contributed by atoms with E-state index >= 15 is 0 Å². The molecule has 0 aliphatic carbocycles. The summed E-state index contributed by atoms with van der Waals surface area (Å²) < 4.78 is 40.9. The van der Waals surface area contributed by atoms with Crippen molar-refractivity contribution in [1.29, 1.82) is 0 Å². The van der Waals surface area contributed by atoms with Crippen molar-refractivity contribution in [3.63, 3.8) is 0 Å². The minimum Gasteiger partial charge on any atom is -0.377 e. The zero-order chi connectivity index (χ0) is 12.6. The topological polar surface area (TPSA) is 21.3 Å². The van der Waals surface area contributed by atoms with Crippen LogP contribution in [0.3, 0.4) is 0 Å². The van der Waals surface area contributed by atoms with Crippen LogP contribution >= 0.6 is 0 Å². The van der Waals surface area contributed by atoms with Gasteiger partial charge in [0.2, 0.25) is 0 Å². The molecule has 0 aliphatic rings. The molecule has 0 bridgehead atoms. The van der Waals surface area contributed by atoms with Crippen molar-refractivity contribution in [2.45, 2.75) is 45.9 Å². The fourth-order valence-corrected chi connectivity index (χ4v) is 1.38. The molecule has 1 N–H and O–H groups in total. The number of hydrogen-bond donors (Lipinski definition) is 1. The van der Waals surface area contributed by atoms with Crippen molar-refractivity contribution in [2.75, 3.05) is 19.7 Å². The Bertz CT molecular complexity index is 173. The molecular weight excluding hydrogens is 219 g/mol. The number of ether oxygens (including phenoxy) is 1. The van der Waals surface area contributed by atoms with E-state index in [-0.39, 0.29) is 12.6 Å². The molecule has 0 fully saturated rings. The average Bonchev–Trinajstić information content (AvgIpc) is 2.13. The highest BCUT2D eigenvalue weighted by molar-refractivity contribution is 4.61. The van der Waals surface area contributed by atoms with E-state index in [1.807, 2.05) is 0 Å². The summed E-state index contributed by atoms with van der Waals surface area (Å²) in [6, 6.07) is 0. The summed E-state index contributed by atoms with van der Waals surface area (Å²) in [4.78, 5) is 0. The lowest BCUT2D eigenvalue weighted by Crippen LogP contribution is -2.35. The highest BCUT2D eigenvalue weighted by Gasteiger charge is 2.26. The molecule has 2 atom stereocenters. The van der Waals surface area contributed by atoms with E-state index in [1.165, 1.54) is 0 Å². The Morgan fingerprint density at radius 2 is 1.88 bits per heavy atom. The Morgan fingerprint density at radius 3 is 2.38 bits per heavy atom. The second kappa shape index (κ2) is 7.90. The lowest BCUT2D eigenvalue weighted by molar-refractivity contribution is -0.125. The van der Waals surface area contributed by atoms with Crippen molar-refractivity contribution in [3.05, 3.63) is 0 Å². The van der Waals surface area contributed by atoms with Crippen molar-refractivity contribution in [2.24, 2.45) is 5.92 Å². The second-order valence-electron chi connectivity index (χ2n) is 4.28. The quantitative estimate of drug-likeness (QED) is 0.705. The maximum absolute atomic E-state index is 11.8. The Morgan fingerprint density at radius 1 is 1.25 bits per heavy atom. The Hall–Kier alpha value is -0.290. The summed E-state index contributed by atoms with van der Waals surface area (Å²) in [6.07, 6.45) is -2.13. The third kappa shape index (κ3) is 10.2. The van der Waals surface area contributed by atoms with Crippen LogP contribution in [0.15, 0.2) is 0 Å². The molecule has 0 heterocycles. The minimum atomic E-state index is -4.14. The molecule has 0 radical (unpaired) electrons. The molecule has 0 aliphatic heterocycles. The molecule has 98 valence electrons. The third-order valence-corrected chi connectivity index (χ3v) is 2.20. The molecule has 5 heteroatoms. The molecule has 0 saturated heterocycles. The van der Waals surface area contributed by atoms with Gasteiger partial charge in [-0.05, 0) is 19.3 Å². The molecule has 2 nitrogen and oxygen atoms in total. The van der Waals surface area contributed by atoms with Crippen molar-refractivity contribution in [1.82, 2.24) is 5.32 Å². The van der Waals surface area contributed by atoms with Gasteiger partial charge in [-0.1, -0.05) is 20.3 Å². The van der Waals surface area contributed by atoms with E-state index in [9.17, 15) is 13.2 Å². The van der Waals surface area contributed by atoms with Crippen LogP contribution in [0.2, 0.25) is 0 Å². The number of hydrogen-bond acceptors (Lipinski definition) is 2. The fourth-order valence-electron chi connectivity index (χ4n) is 1.38. The van der Waals surface area contributed by atoms with Gasteiger partial charge in [-0.2, -0.15) is 13.2 Å². The molecular formula is C11H22F3NO. The molecule has 0 saturated carbocycles. The lowest BCUT2D eigenvalue weighted by Gasteiger charge is -2.17. The first-order chi connectivity index (χ1) is 7.35. The Labute approximate surface area is 95.5 Å². The summed E-state index contributed by atoms with van der Waals surface area (Å²) in [7, 11) is 0. The Kier molecular flexibility index (Phi) is 7.76. The zero-order valence-electron chi connectivity index (χ0n) is 10.2. The first kappa shape index (κ1) is 15.7. The van der Waals surface area contributed by atoms with E-state index in [0.717, 1.165) is 12.8 Å². The standard InChI is InChI=1S/C11H22F3NO/c1-4-5-9(2)7-16-10(3)6-15-8-11(12,13)14/h9-10,15H,4-8H2,1-3H3. The molecule has 0 rings (SSSR count). The first-order valence-electron chi connectivity index (χ1n) is 5.74. The smallest absolute Gasteiger partial charge is 0.377 e. The van der Waals surface area contributed by atoms with Gasteiger partial charge in [-0.3, -0.25) is 0 Å². The van der Waals surface area contributed by atoms with Crippen molar-refractivity contribution >= 4 is 0 Å².